The smallest absolute Gasteiger partial charge is 0.00660 e. The van der Waals surface area contributed by atoms with Crippen molar-refractivity contribution >= 4 is 22.6 Å². The van der Waals surface area contributed by atoms with Crippen LogP contribution in [0.5, 0.6) is 0 Å². The number of hydrogen-bond donors (Lipinski definition) is 0. The van der Waals surface area contributed by atoms with Crippen molar-refractivity contribution in [2.24, 2.45) is 5.92 Å². The lowest BCUT2D eigenvalue weighted by molar-refractivity contribution is 0.351. The number of rotatable bonds is 3. The van der Waals surface area contributed by atoms with E-state index in [4.69, 9.17) is 0 Å². The SMILES string of the molecule is CC/C=C(/I)CC1Cc2ccc(C)cc2C1(C)C. The van der Waals surface area contributed by atoms with Crippen molar-refractivity contribution in [3.05, 3.63) is 44.5 Å². The number of fused-ring (bicyclic) bond motifs is 1. The van der Waals surface area contributed by atoms with Crippen LogP contribution in [0.3, 0.4) is 0 Å². The lowest BCUT2D eigenvalue weighted by atomic mass is 9.76. The summed E-state index contributed by atoms with van der Waals surface area (Å²) >= 11 is 2.52. The van der Waals surface area contributed by atoms with Crippen molar-refractivity contribution in [1.82, 2.24) is 0 Å². The molecule has 0 N–H and O–H groups in total. The Balaban J connectivity index is 2.26. The van der Waals surface area contributed by atoms with Gasteiger partial charge in [0.2, 0.25) is 0 Å². The quantitative estimate of drug-likeness (QED) is 0.623. The Hall–Kier alpha value is -0.310. The maximum absolute atomic E-state index is 2.52. The normalized spacial score (nSPS) is 22.1. The highest BCUT2D eigenvalue weighted by molar-refractivity contribution is 14.1. The van der Waals surface area contributed by atoms with Crippen LogP contribution in [0, 0.1) is 12.8 Å². The lowest BCUT2D eigenvalue weighted by Gasteiger charge is -2.28. The third kappa shape index (κ3) is 2.66. The van der Waals surface area contributed by atoms with E-state index >= 15 is 0 Å². The van der Waals surface area contributed by atoms with E-state index in [0.717, 1.165) is 12.3 Å². The summed E-state index contributed by atoms with van der Waals surface area (Å²) in [6, 6.07) is 6.98. The van der Waals surface area contributed by atoms with Gasteiger partial charge in [0.15, 0.2) is 0 Å². The molecule has 0 nitrogen and oxygen atoms in total. The second kappa shape index (κ2) is 5.36. The summed E-state index contributed by atoms with van der Waals surface area (Å²) < 4.78 is 1.53. The Kier molecular flexibility index (Phi) is 4.20. The van der Waals surface area contributed by atoms with Gasteiger partial charge in [0.25, 0.3) is 0 Å². The Morgan fingerprint density at radius 1 is 1.44 bits per heavy atom. The Morgan fingerprint density at radius 3 is 2.83 bits per heavy atom. The number of hydrogen-bond acceptors (Lipinski definition) is 0. The molecule has 0 radical (unpaired) electrons. The van der Waals surface area contributed by atoms with Gasteiger partial charge < -0.3 is 0 Å². The van der Waals surface area contributed by atoms with Crippen LogP contribution in [0.2, 0.25) is 0 Å². The van der Waals surface area contributed by atoms with Gasteiger partial charge in [-0.05, 0) is 74.8 Å². The number of aryl methyl sites for hydroxylation is 1. The molecule has 0 saturated carbocycles. The molecule has 1 aromatic carbocycles. The zero-order valence-electron chi connectivity index (χ0n) is 11.9. The van der Waals surface area contributed by atoms with Gasteiger partial charge in [0.1, 0.15) is 0 Å². The van der Waals surface area contributed by atoms with Gasteiger partial charge in [-0.2, -0.15) is 0 Å². The average Bonchev–Trinajstić information content (AvgIpc) is 2.52. The first-order valence-electron chi connectivity index (χ1n) is 6.89. The minimum atomic E-state index is 0.319. The summed E-state index contributed by atoms with van der Waals surface area (Å²) in [5, 5.41) is 0. The molecule has 1 atom stereocenters. The van der Waals surface area contributed by atoms with Crippen molar-refractivity contribution in [3.8, 4) is 0 Å². The maximum Gasteiger partial charge on any atom is -0.00660 e. The van der Waals surface area contributed by atoms with Crippen LogP contribution in [0.25, 0.3) is 0 Å². The molecule has 0 amide bonds. The Labute approximate surface area is 125 Å². The maximum atomic E-state index is 2.52. The minimum absolute atomic E-state index is 0.319. The minimum Gasteiger partial charge on any atom is -0.0755 e. The van der Waals surface area contributed by atoms with E-state index in [-0.39, 0.29) is 0 Å². The molecule has 0 saturated heterocycles. The summed E-state index contributed by atoms with van der Waals surface area (Å²) in [6.07, 6.45) is 5.99. The summed E-state index contributed by atoms with van der Waals surface area (Å²) in [6.45, 7) is 9.25. The van der Waals surface area contributed by atoms with Crippen LogP contribution in [0.15, 0.2) is 27.9 Å². The van der Waals surface area contributed by atoms with Crippen LogP contribution in [0.1, 0.15) is 50.3 Å². The van der Waals surface area contributed by atoms with Crippen molar-refractivity contribution in [1.29, 1.82) is 0 Å². The monoisotopic (exact) mass is 354 g/mol. The molecule has 1 aromatic rings. The van der Waals surface area contributed by atoms with Crippen LogP contribution in [-0.4, -0.2) is 0 Å². The number of halogens is 1. The molecule has 1 aliphatic rings. The van der Waals surface area contributed by atoms with E-state index in [1.165, 1.54) is 22.0 Å². The topological polar surface area (TPSA) is 0 Å². The van der Waals surface area contributed by atoms with E-state index in [0.29, 0.717) is 5.41 Å². The van der Waals surface area contributed by atoms with E-state index in [1.807, 2.05) is 0 Å². The highest BCUT2D eigenvalue weighted by Gasteiger charge is 2.39. The van der Waals surface area contributed by atoms with Crippen molar-refractivity contribution < 1.29 is 0 Å². The zero-order valence-corrected chi connectivity index (χ0v) is 14.0. The van der Waals surface area contributed by atoms with E-state index in [9.17, 15) is 0 Å². The second-order valence-electron chi connectivity index (χ2n) is 6.05. The number of allylic oxidation sites excluding steroid dienone is 2. The van der Waals surface area contributed by atoms with Gasteiger partial charge in [-0.25, -0.2) is 0 Å². The second-order valence-corrected chi connectivity index (χ2v) is 7.43. The Bertz CT molecular complexity index is 468. The fraction of sp³-hybridized carbons (Fsp3) is 0.529. The van der Waals surface area contributed by atoms with E-state index in [1.54, 1.807) is 11.1 Å². The van der Waals surface area contributed by atoms with Gasteiger partial charge in [-0.15, -0.1) is 0 Å². The van der Waals surface area contributed by atoms with Gasteiger partial charge in [-0.3, -0.25) is 0 Å². The molecule has 1 heteroatoms. The molecular formula is C17H23I. The third-order valence-electron chi connectivity index (χ3n) is 4.31. The fourth-order valence-corrected chi connectivity index (χ4v) is 4.05. The first kappa shape index (κ1) is 14.1. The summed E-state index contributed by atoms with van der Waals surface area (Å²) in [4.78, 5) is 0. The van der Waals surface area contributed by atoms with Crippen molar-refractivity contribution in [2.75, 3.05) is 0 Å². The predicted molar refractivity (Wildman–Crippen MR) is 88.4 cm³/mol. The Morgan fingerprint density at radius 2 is 2.17 bits per heavy atom. The van der Waals surface area contributed by atoms with Gasteiger partial charge in [0, 0.05) is 0 Å². The average molecular weight is 354 g/mol. The molecule has 0 spiro atoms. The summed E-state index contributed by atoms with van der Waals surface area (Å²) in [7, 11) is 0. The van der Waals surface area contributed by atoms with Crippen LogP contribution in [-0.2, 0) is 11.8 Å². The van der Waals surface area contributed by atoms with Crippen LogP contribution < -0.4 is 0 Å². The van der Waals surface area contributed by atoms with Gasteiger partial charge >= 0.3 is 0 Å². The highest BCUT2D eigenvalue weighted by atomic mass is 127. The van der Waals surface area contributed by atoms with E-state index < -0.39 is 0 Å². The summed E-state index contributed by atoms with van der Waals surface area (Å²) in [5.41, 5.74) is 4.85. The molecule has 18 heavy (non-hydrogen) atoms. The molecule has 1 unspecified atom stereocenters. The molecule has 2 rings (SSSR count). The summed E-state index contributed by atoms with van der Waals surface area (Å²) in [5.74, 6) is 0.754. The molecule has 0 bridgehead atoms. The van der Waals surface area contributed by atoms with Crippen LogP contribution >= 0.6 is 22.6 Å². The third-order valence-corrected chi connectivity index (χ3v) is 5.19. The van der Waals surface area contributed by atoms with Gasteiger partial charge in [0.05, 0.1) is 0 Å². The standard InChI is InChI=1S/C17H23I/c1-5-6-15(18)11-14-10-13-8-7-12(2)9-16(13)17(14,3)4/h6-9,14H,5,10-11H2,1-4H3/b15-6+. The molecule has 0 fully saturated rings. The molecule has 0 heterocycles. The molecule has 1 aliphatic carbocycles. The lowest BCUT2D eigenvalue weighted by Crippen LogP contribution is -2.24. The van der Waals surface area contributed by atoms with Crippen molar-refractivity contribution in [2.45, 2.75) is 52.4 Å². The molecule has 0 aliphatic heterocycles. The first-order chi connectivity index (χ1) is 8.45. The largest absolute Gasteiger partial charge is 0.0755 e. The van der Waals surface area contributed by atoms with Crippen LogP contribution in [0.4, 0.5) is 0 Å². The highest BCUT2D eigenvalue weighted by Crippen LogP contribution is 2.46. The zero-order chi connectivity index (χ0) is 13.3. The van der Waals surface area contributed by atoms with E-state index in [2.05, 4.69) is 74.6 Å². The molecule has 98 valence electrons. The molecule has 0 aromatic heterocycles. The predicted octanol–water partition coefficient (Wildman–Crippen LogP) is 5.56. The number of benzene rings is 1. The fourth-order valence-electron chi connectivity index (χ4n) is 3.08. The van der Waals surface area contributed by atoms with Gasteiger partial charge in [-0.1, -0.05) is 50.6 Å². The van der Waals surface area contributed by atoms with Crippen molar-refractivity contribution in [3.63, 3.8) is 0 Å². The first-order valence-corrected chi connectivity index (χ1v) is 7.97. The molecular weight excluding hydrogens is 331 g/mol.